The molecule has 3 aromatic rings. The van der Waals surface area contributed by atoms with Crippen molar-refractivity contribution >= 4 is 37.7 Å². The molecule has 35 heavy (non-hydrogen) atoms. The number of carbonyl (C=O) groups is 2. The number of rotatable bonds is 7. The van der Waals surface area contributed by atoms with Gasteiger partial charge in [0.15, 0.2) is 6.61 Å². The number of hydrogen-bond acceptors (Lipinski definition) is 5. The van der Waals surface area contributed by atoms with E-state index in [1.165, 1.54) is 28.6 Å². The number of carbonyl (C=O) groups excluding carboxylic acids is 2. The quantitative estimate of drug-likeness (QED) is 0.298. The molecule has 184 valence electrons. The number of Topliss-reactive ketones (excluding diaryl/α,β-unsaturated/α-hetero) is 1. The molecule has 1 saturated heterocycles. The zero-order chi connectivity index (χ0) is 25.2. The molecule has 0 bridgehead atoms. The van der Waals surface area contributed by atoms with E-state index in [1.807, 2.05) is 42.7 Å². The minimum atomic E-state index is -3.68. The summed E-state index contributed by atoms with van der Waals surface area (Å²) in [6.07, 6.45) is 2.66. The van der Waals surface area contributed by atoms with Gasteiger partial charge >= 0.3 is 5.97 Å². The Morgan fingerprint density at radius 3 is 2.34 bits per heavy atom. The van der Waals surface area contributed by atoms with E-state index >= 15 is 0 Å². The van der Waals surface area contributed by atoms with E-state index in [2.05, 4.69) is 15.9 Å². The van der Waals surface area contributed by atoms with Crippen molar-refractivity contribution in [3.05, 3.63) is 81.6 Å². The van der Waals surface area contributed by atoms with Gasteiger partial charge in [0, 0.05) is 40.2 Å². The fourth-order valence-corrected chi connectivity index (χ4v) is 6.19. The number of piperidine rings is 1. The summed E-state index contributed by atoms with van der Waals surface area (Å²) in [4.78, 5) is 25.6. The van der Waals surface area contributed by atoms with Crippen LogP contribution < -0.4 is 0 Å². The second-order valence-corrected chi connectivity index (χ2v) is 11.4. The maximum absolute atomic E-state index is 12.9. The van der Waals surface area contributed by atoms with Crippen LogP contribution in [0.5, 0.6) is 0 Å². The van der Waals surface area contributed by atoms with E-state index in [1.54, 1.807) is 6.07 Å². The standard InChI is InChI=1S/C26H27BrN2O5S/c1-18-15-24(19(2)29(18)22-11-9-21(27)10-12-22)25(30)17-34-26(31)20-7-6-8-23(16-20)35(32,33)28-13-4-3-5-14-28/h6-12,15-16H,3-5,13-14,17H2,1-2H3. The second kappa shape index (κ2) is 10.5. The van der Waals surface area contributed by atoms with E-state index in [0.29, 0.717) is 18.7 Å². The molecule has 0 spiro atoms. The highest BCUT2D eigenvalue weighted by Gasteiger charge is 2.27. The number of esters is 1. The lowest BCUT2D eigenvalue weighted by Crippen LogP contribution is -2.35. The summed E-state index contributed by atoms with van der Waals surface area (Å²) in [5.41, 5.74) is 3.12. The van der Waals surface area contributed by atoms with Crippen molar-refractivity contribution in [3.8, 4) is 5.69 Å². The number of sulfonamides is 1. The summed E-state index contributed by atoms with van der Waals surface area (Å²) in [7, 11) is -3.68. The molecule has 7 nitrogen and oxygen atoms in total. The highest BCUT2D eigenvalue weighted by atomic mass is 79.9. The number of hydrogen-bond donors (Lipinski definition) is 0. The Labute approximate surface area is 213 Å². The fraction of sp³-hybridized carbons (Fsp3) is 0.308. The Morgan fingerprint density at radius 2 is 1.66 bits per heavy atom. The maximum atomic E-state index is 12.9. The van der Waals surface area contributed by atoms with Gasteiger partial charge in [0.25, 0.3) is 0 Å². The zero-order valence-electron chi connectivity index (χ0n) is 19.7. The minimum Gasteiger partial charge on any atom is -0.454 e. The SMILES string of the molecule is Cc1cc(C(=O)COC(=O)c2cccc(S(=O)(=O)N3CCCCC3)c2)c(C)n1-c1ccc(Br)cc1. The van der Waals surface area contributed by atoms with Gasteiger partial charge in [-0.3, -0.25) is 4.79 Å². The highest BCUT2D eigenvalue weighted by Crippen LogP contribution is 2.24. The Morgan fingerprint density at radius 1 is 0.971 bits per heavy atom. The van der Waals surface area contributed by atoms with Crippen LogP contribution in [0, 0.1) is 13.8 Å². The first-order chi connectivity index (χ1) is 16.7. The molecule has 1 aliphatic rings. The average Bonchev–Trinajstić information content (AvgIpc) is 3.17. The molecule has 1 aromatic heterocycles. The van der Waals surface area contributed by atoms with Gasteiger partial charge in [-0.1, -0.05) is 28.4 Å². The van der Waals surface area contributed by atoms with Crippen LogP contribution in [0.1, 0.15) is 51.4 Å². The molecule has 0 N–H and O–H groups in total. The normalized spacial score (nSPS) is 14.6. The molecule has 0 aliphatic carbocycles. The summed E-state index contributed by atoms with van der Waals surface area (Å²) in [5.74, 6) is -1.07. The van der Waals surface area contributed by atoms with Crippen molar-refractivity contribution in [3.63, 3.8) is 0 Å². The summed E-state index contributed by atoms with van der Waals surface area (Å²) in [6.45, 7) is 4.27. The molecule has 2 aromatic carbocycles. The molecular weight excluding hydrogens is 532 g/mol. The molecule has 0 unspecified atom stereocenters. The Hall–Kier alpha value is -2.75. The van der Waals surface area contributed by atoms with Gasteiger partial charge in [-0.25, -0.2) is 13.2 Å². The number of aryl methyl sites for hydroxylation is 1. The predicted molar refractivity (Wildman–Crippen MR) is 137 cm³/mol. The van der Waals surface area contributed by atoms with Crippen LogP contribution in [0.2, 0.25) is 0 Å². The van der Waals surface area contributed by atoms with Gasteiger partial charge in [0.05, 0.1) is 10.5 Å². The van der Waals surface area contributed by atoms with Crippen molar-refractivity contribution in [2.75, 3.05) is 19.7 Å². The Bertz CT molecular complexity index is 1360. The van der Waals surface area contributed by atoms with E-state index in [-0.39, 0.29) is 16.2 Å². The van der Waals surface area contributed by atoms with Crippen molar-refractivity contribution in [2.24, 2.45) is 0 Å². The molecule has 1 aliphatic heterocycles. The lowest BCUT2D eigenvalue weighted by atomic mass is 10.1. The topological polar surface area (TPSA) is 85.7 Å². The predicted octanol–water partition coefficient (Wildman–Crippen LogP) is 5.07. The van der Waals surface area contributed by atoms with Crippen LogP contribution >= 0.6 is 15.9 Å². The van der Waals surface area contributed by atoms with Crippen molar-refractivity contribution < 1.29 is 22.7 Å². The largest absolute Gasteiger partial charge is 0.454 e. The van der Waals surface area contributed by atoms with Crippen molar-refractivity contribution in [1.82, 2.24) is 8.87 Å². The number of halogens is 1. The van der Waals surface area contributed by atoms with E-state index in [4.69, 9.17) is 4.74 Å². The van der Waals surface area contributed by atoms with E-state index in [0.717, 1.165) is 40.8 Å². The Balaban J connectivity index is 1.47. The maximum Gasteiger partial charge on any atom is 0.338 e. The first-order valence-corrected chi connectivity index (χ1v) is 13.7. The molecule has 0 atom stereocenters. The van der Waals surface area contributed by atoms with Crippen molar-refractivity contribution in [2.45, 2.75) is 38.0 Å². The summed E-state index contributed by atoms with van der Waals surface area (Å²) in [6, 6.07) is 15.3. The number of ketones is 1. The molecular formula is C26H27BrN2O5S. The molecule has 9 heteroatoms. The lowest BCUT2D eigenvalue weighted by molar-refractivity contribution is 0.0474. The average molecular weight is 559 g/mol. The van der Waals surface area contributed by atoms with Gasteiger partial charge in [0.1, 0.15) is 0 Å². The summed E-state index contributed by atoms with van der Waals surface area (Å²) >= 11 is 3.42. The zero-order valence-corrected chi connectivity index (χ0v) is 22.1. The van der Waals surface area contributed by atoms with Gasteiger partial charge < -0.3 is 9.30 Å². The third kappa shape index (κ3) is 5.42. The van der Waals surface area contributed by atoms with Gasteiger partial charge in [-0.2, -0.15) is 4.31 Å². The van der Waals surface area contributed by atoms with Crippen LogP contribution in [0.25, 0.3) is 5.69 Å². The fourth-order valence-electron chi connectivity index (χ4n) is 4.36. The third-order valence-electron chi connectivity index (χ3n) is 6.17. The first-order valence-electron chi connectivity index (χ1n) is 11.4. The number of benzene rings is 2. The molecule has 0 saturated carbocycles. The monoisotopic (exact) mass is 558 g/mol. The van der Waals surface area contributed by atoms with Crippen LogP contribution in [0.15, 0.2) is 64.0 Å². The van der Waals surface area contributed by atoms with Gasteiger partial charge in [0.2, 0.25) is 15.8 Å². The van der Waals surface area contributed by atoms with Gasteiger partial charge in [-0.15, -0.1) is 0 Å². The lowest BCUT2D eigenvalue weighted by Gasteiger charge is -2.25. The molecule has 1 fully saturated rings. The summed E-state index contributed by atoms with van der Waals surface area (Å²) < 4.78 is 35.5. The van der Waals surface area contributed by atoms with Crippen LogP contribution in [0.4, 0.5) is 0 Å². The van der Waals surface area contributed by atoms with Gasteiger partial charge in [-0.05, 0) is 75.2 Å². The smallest absolute Gasteiger partial charge is 0.338 e. The number of nitrogens with zero attached hydrogens (tertiary/aromatic N) is 2. The highest BCUT2D eigenvalue weighted by molar-refractivity contribution is 9.10. The molecule has 4 rings (SSSR count). The number of aromatic nitrogens is 1. The summed E-state index contributed by atoms with van der Waals surface area (Å²) in [5, 5.41) is 0. The minimum absolute atomic E-state index is 0.0539. The first kappa shape index (κ1) is 25.3. The van der Waals surface area contributed by atoms with Crippen molar-refractivity contribution in [1.29, 1.82) is 0 Å². The van der Waals surface area contributed by atoms with Crippen LogP contribution in [0.3, 0.4) is 0 Å². The molecule has 0 radical (unpaired) electrons. The third-order valence-corrected chi connectivity index (χ3v) is 8.60. The van der Waals surface area contributed by atoms with Crippen LogP contribution in [-0.2, 0) is 14.8 Å². The Kier molecular flexibility index (Phi) is 7.59. The molecule has 2 heterocycles. The molecule has 0 amide bonds. The number of ether oxygens (including phenoxy) is 1. The second-order valence-electron chi connectivity index (χ2n) is 8.59. The van der Waals surface area contributed by atoms with E-state index in [9.17, 15) is 18.0 Å². The van der Waals surface area contributed by atoms with E-state index < -0.39 is 22.6 Å². The van der Waals surface area contributed by atoms with Crippen LogP contribution in [-0.4, -0.2) is 48.7 Å².